The van der Waals surface area contributed by atoms with E-state index in [1.54, 1.807) is 0 Å². The third kappa shape index (κ3) is 0.991. The van der Waals surface area contributed by atoms with Crippen LogP contribution in [0.25, 0.3) is 11.4 Å². The second kappa shape index (κ2) is 2.77. The lowest BCUT2D eigenvalue weighted by Crippen LogP contribution is -2.16. The van der Waals surface area contributed by atoms with Crippen molar-refractivity contribution in [1.82, 2.24) is 9.13 Å². The Kier molecular flexibility index (Phi) is 1.54. The standard InChI is InChI=1S/C12H11N3/c1-9-7-11-10-3-2-4-14(10)5-6-15(11)12(9)8-13/h2-4,7H,5-6H2,1H3. The first-order valence-corrected chi connectivity index (χ1v) is 5.07. The number of nitriles is 1. The Morgan fingerprint density at radius 3 is 3.00 bits per heavy atom. The van der Waals surface area contributed by atoms with E-state index in [1.165, 1.54) is 11.4 Å². The Bertz CT molecular complexity index is 566. The Morgan fingerprint density at radius 2 is 2.20 bits per heavy atom. The van der Waals surface area contributed by atoms with Gasteiger partial charge in [-0.15, -0.1) is 0 Å². The number of fused-ring (bicyclic) bond motifs is 3. The van der Waals surface area contributed by atoms with Gasteiger partial charge in [0.05, 0.1) is 11.4 Å². The molecule has 2 aromatic rings. The van der Waals surface area contributed by atoms with Crippen LogP contribution in [0, 0.1) is 18.3 Å². The molecule has 0 saturated carbocycles. The molecule has 0 aromatic carbocycles. The first-order chi connectivity index (χ1) is 7.31. The molecule has 0 spiro atoms. The number of rotatable bonds is 0. The molecule has 0 radical (unpaired) electrons. The van der Waals surface area contributed by atoms with E-state index in [4.69, 9.17) is 5.26 Å². The van der Waals surface area contributed by atoms with E-state index >= 15 is 0 Å². The molecule has 0 bridgehead atoms. The molecule has 3 heteroatoms. The van der Waals surface area contributed by atoms with Gasteiger partial charge >= 0.3 is 0 Å². The van der Waals surface area contributed by atoms with Crippen molar-refractivity contribution in [3.05, 3.63) is 35.7 Å². The van der Waals surface area contributed by atoms with Gasteiger partial charge in [0, 0.05) is 19.3 Å². The van der Waals surface area contributed by atoms with Crippen LogP contribution >= 0.6 is 0 Å². The van der Waals surface area contributed by atoms with Crippen molar-refractivity contribution in [3.63, 3.8) is 0 Å². The Hall–Kier alpha value is -1.95. The molecule has 3 heterocycles. The Labute approximate surface area is 88.2 Å². The highest BCUT2D eigenvalue weighted by Gasteiger charge is 2.19. The van der Waals surface area contributed by atoms with Gasteiger partial charge in [0.2, 0.25) is 0 Å². The average molecular weight is 197 g/mol. The minimum Gasteiger partial charge on any atom is -0.345 e. The van der Waals surface area contributed by atoms with Gasteiger partial charge < -0.3 is 9.13 Å². The van der Waals surface area contributed by atoms with Crippen molar-refractivity contribution >= 4 is 0 Å². The summed E-state index contributed by atoms with van der Waals surface area (Å²) in [6.07, 6.45) is 2.09. The monoisotopic (exact) mass is 197 g/mol. The van der Waals surface area contributed by atoms with E-state index in [2.05, 4.69) is 39.6 Å². The zero-order valence-electron chi connectivity index (χ0n) is 8.57. The zero-order valence-corrected chi connectivity index (χ0v) is 8.57. The second-order valence-corrected chi connectivity index (χ2v) is 3.91. The largest absolute Gasteiger partial charge is 0.345 e. The van der Waals surface area contributed by atoms with Gasteiger partial charge in [-0.2, -0.15) is 5.26 Å². The highest BCUT2D eigenvalue weighted by molar-refractivity contribution is 5.62. The highest BCUT2D eigenvalue weighted by atomic mass is 15.1. The Balaban J connectivity index is 2.32. The third-order valence-corrected chi connectivity index (χ3v) is 3.05. The molecule has 0 N–H and O–H groups in total. The number of hydrogen-bond acceptors (Lipinski definition) is 1. The van der Waals surface area contributed by atoms with Crippen LogP contribution in [0.4, 0.5) is 0 Å². The molecule has 0 amide bonds. The predicted octanol–water partition coefficient (Wildman–Crippen LogP) is 2.15. The lowest BCUT2D eigenvalue weighted by molar-refractivity contribution is 0.557. The lowest BCUT2D eigenvalue weighted by atomic mass is 10.2. The van der Waals surface area contributed by atoms with Crippen molar-refractivity contribution in [2.45, 2.75) is 20.0 Å². The third-order valence-electron chi connectivity index (χ3n) is 3.05. The van der Waals surface area contributed by atoms with Crippen LogP contribution in [0.2, 0.25) is 0 Å². The Morgan fingerprint density at radius 1 is 1.33 bits per heavy atom. The van der Waals surface area contributed by atoms with E-state index in [-0.39, 0.29) is 0 Å². The second-order valence-electron chi connectivity index (χ2n) is 3.91. The fraction of sp³-hybridized carbons (Fsp3) is 0.250. The van der Waals surface area contributed by atoms with Crippen LogP contribution in [0.5, 0.6) is 0 Å². The smallest absolute Gasteiger partial charge is 0.123 e. The fourth-order valence-corrected chi connectivity index (χ4v) is 2.33. The van der Waals surface area contributed by atoms with Gasteiger partial charge in [-0.3, -0.25) is 0 Å². The summed E-state index contributed by atoms with van der Waals surface area (Å²) < 4.78 is 4.35. The summed E-state index contributed by atoms with van der Waals surface area (Å²) in [5, 5.41) is 9.08. The highest BCUT2D eigenvalue weighted by Crippen LogP contribution is 2.29. The number of aromatic nitrogens is 2. The molecular weight excluding hydrogens is 186 g/mol. The molecule has 0 saturated heterocycles. The molecule has 0 aliphatic carbocycles. The van der Waals surface area contributed by atoms with Crippen molar-refractivity contribution in [3.8, 4) is 17.5 Å². The molecule has 15 heavy (non-hydrogen) atoms. The van der Waals surface area contributed by atoms with Crippen molar-refractivity contribution in [1.29, 1.82) is 5.26 Å². The van der Waals surface area contributed by atoms with Crippen LogP contribution in [-0.2, 0) is 13.1 Å². The first-order valence-electron chi connectivity index (χ1n) is 5.07. The van der Waals surface area contributed by atoms with E-state index in [1.807, 2.05) is 6.92 Å². The summed E-state index contributed by atoms with van der Waals surface area (Å²) in [6.45, 7) is 3.85. The minimum absolute atomic E-state index is 0.803. The van der Waals surface area contributed by atoms with Crippen LogP contribution in [0.15, 0.2) is 24.4 Å². The summed E-state index contributed by atoms with van der Waals surface area (Å²) >= 11 is 0. The fourth-order valence-electron chi connectivity index (χ4n) is 2.33. The molecular formula is C12H11N3. The summed E-state index contributed by atoms with van der Waals surface area (Å²) in [7, 11) is 0. The zero-order chi connectivity index (χ0) is 10.4. The SMILES string of the molecule is Cc1cc2n(c1C#N)CCn1cccc1-2. The molecule has 0 fully saturated rings. The van der Waals surface area contributed by atoms with Gasteiger partial charge in [-0.1, -0.05) is 0 Å². The molecule has 2 aromatic heterocycles. The molecule has 0 atom stereocenters. The summed E-state index contributed by atoms with van der Waals surface area (Å²) in [5.74, 6) is 0. The number of hydrogen-bond donors (Lipinski definition) is 0. The maximum absolute atomic E-state index is 9.08. The predicted molar refractivity (Wildman–Crippen MR) is 57.3 cm³/mol. The van der Waals surface area contributed by atoms with Crippen LogP contribution < -0.4 is 0 Å². The maximum atomic E-state index is 9.08. The van der Waals surface area contributed by atoms with E-state index in [0.717, 1.165) is 24.3 Å². The molecule has 1 aliphatic heterocycles. The number of nitrogens with zero attached hydrogens (tertiary/aromatic N) is 3. The maximum Gasteiger partial charge on any atom is 0.123 e. The van der Waals surface area contributed by atoms with Crippen LogP contribution in [0.3, 0.4) is 0 Å². The van der Waals surface area contributed by atoms with Gasteiger partial charge in [0.15, 0.2) is 0 Å². The molecule has 1 aliphatic rings. The van der Waals surface area contributed by atoms with Crippen molar-refractivity contribution in [2.24, 2.45) is 0 Å². The number of aryl methyl sites for hydroxylation is 2. The topological polar surface area (TPSA) is 33.6 Å². The van der Waals surface area contributed by atoms with Crippen LogP contribution in [0.1, 0.15) is 11.3 Å². The van der Waals surface area contributed by atoms with E-state index in [9.17, 15) is 0 Å². The quantitative estimate of drug-likeness (QED) is 0.637. The van der Waals surface area contributed by atoms with Crippen LogP contribution in [-0.4, -0.2) is 9.13 Å². The first kappa shape index (κ1) is 8.37. The van der Waals surface area contributed by atoms with Crippen molar-refractivity contribution < 1.29 is 0 Å². The van der Waals surface area contributed by atoms with Gasteiger partial charge in [-0.05, 0) is 30.7 Å². The summed E-state index contributed by atoms with van der Waals surface area (Å²) in [4.78, 5) is 0. The summed E-state index contributed by atoms with van der Waals surface area (Å²) in [6, 6.07) is 8.54. The lowest BCUT2D eigenvalue weighted by Gasteiger charge is -2.19. The molecule has 0 unspecified atom stereocenters. The molecule has 74 valence electrons. The molecule has 3 nitrogen and oxygen atoms in total. The van der Waals surface area contributed by atoms with E-state index in [0.29, 0.717) is 0 Å². The minimum atomic E-state index is 0.803. The normalized spacial score (nSPS) is 13.1. The summed E-state index contributed by atoms with van der Waals surface area (Å²) in [5.41, 5.74) is 4.26. The van der Waals surface area contributed by atoms with Gasteiger partial charge in [0.25, 0.3) is 0 Å². The van der Waals surface area contributed by atoms with Crippen molar-refractivity contribution in [2.75, 3.05) is 0 Å². The average Bonchev–Trinajstić information content (AvgIpc) is 2.79. The van der Waals surface area contributed by atoms with E-state index < -0.39 is 0 Å². The van der Waals surface area contributed by atoms with Gasteiger partial charge in [-0.25, -0.2) is 0 Å². The van der Waals surface area contributed by atoms with Gasteiger partial charge in [0.1, 0.15) is 11.8 Å². The molecule has 3 rings (SSSR count).